The number of carbonyl (C=O) groups is 2. The number of rotatable bonds is 6. The Morgan fingerprint density at radius 1 is 0.885 bits per heavy atom. The lowest BCUT2D eigenvalue weighted by molar-refractivity contribution is -0.0282. The molecule has 0 saturated carbocycles. The van der Waals surface area contributed by atoms with Gasteiger partial charge in [0.05, 0.1) is 11.1 Å². The smallest absolute Gasteiger partial charge is 0.338 e. The van der Waals surface area contributed by atoms with Crippen molar-refractivity contribution < 1.29 is 19.1 Å². The van der Waals surface area contributed by atoms with E-state index in [1.54, 1.807) is 69.3 Å². The molecule has 0 aliphatic heterocycles. The Hall–Kier alpha value is -2.04. The van der Waals surface area contributed by atoms with Gasteiger partial charge in [-0.05, 0) is 69.3 Å². The highest BCUT2D eigenvalue weighted by atomic mass is 35.5. The number of esters is 2. The predicted octanol–water partition coefficient (Wildman–Crippen LogP) is 5.56. The molecule has 0 heterocycles. The van der Waals surface area contributed by atoms with Crippen molar-refractivity contribution in [2.45, 2.75) is 38.9 Å². The minimum Gasteiger partial charge on any atom is -0.459 e. The van der Waals surface area contributed by atoms with Crippen molar-refractivity contribution in [1.82, 2.24) is 0 Å². The van der Waals surface area contributed by atoms with Gasteiger partial charge in [0.2, 0.25) is 0 Å². The van der Waals surface area contributed by atoms with Crippen LogP contribution in [0.1, 0.15) is 47.9 Å². The maximum Gasteiger partial charge on any atom is 0.338 e. The van der Waals surface area contributed by atoms with Crippen LogP contribution in [0, 0.1) is 0 Å². The maximum atomic E-state index is 12.2. The van der Waals surface area contributed by atoms with Crippen molar-refractivity contribution in [3.8, 4) is 0 Å². The lowest BCUT2D eigenvalue weighted by Crippen LogP contribution is -2.33. The van der Waals surface area contributed by atoms with Crippen LogP contribution in [0.15, 0.2) is 48.5 Å². The molecule has 0 unspecified atom stereocenters. The summed E-state index contributed by atoms with van der Waals surface area (Å²) < 4.78 is 11.0. The fraction of sp³-hybridized carbons (Fsp3) is 0.300. The first-order valence-electron chi connectivity index (χ1n) is 8.12. The highest BCUT2D eigenvalue weighted by Gasteiger charge is 2.28. The Morgan fingerprint density at radius 3 is 1.77 bits per heavy atom. The van der Waals surface area contributed by atoms with Crippen molar-refractivity contribution in [3.05, 3.63) is 69.7 Å². The van der Waals surface area contributed by atoms with Crippen LogP contribution >= 0.6 is 23.2 Å². The van der Waals surface area contributed by atoms with E-state index in [1.807, 2.05) is 0 Å². The molecular formula is C20H20Cl2O4. The van der Waals surface area contributed by atoms with Gasteiger partial charge in [-0.1, -0.05) is 23.2 Å². The third-order valence-electron chi connectivity index (χ3n) is 3.62. The molecule has 1 atom stereocenters. The average molecular weight is 395 g/mol. The summed E-state index contributed by atoms with van der Waals surface area (Å²) in [5.74, 6) is -0.906. The highest BCUT2D eigenvalue weighted by Crippen LogP contribution is 2.22. The van der Waals surface area contributed by atoms with Crippen LogP contribution in [0.3, 0.4) is 0 Å². The van der Waals surface area contributed by atoms with Crippen LogP contribution in [-0.4, -0.2) is 23.6 Å². The first-order chi connectivity index (χ1) is 12.2. The minimum atomic E-state index is -0.809. The Morgan fingerprint density at radius 2 is 1.31 bits per heavy atom. The zero-order valence-corrected chi connectivity index (χ0v) is 16.3. The summed E-state index contributed by atoms with van der Waals surface area (Å²) in [6, 6.07) is 12.9. The molecule has 26 heavy (non-hydrogen) atoms. The van der Waals surface area contributed by atoms with Crippen molar-refractivity contribution in [1.29, 1.82) is 0 Å². The SMILES string of the molecule is C[C@H](CC(C)(C)OC(=O)c1ccc(Cl)cc1)OC(=O)c1ccc(Cl)cc1. The molecule has 0 bridgehead atoms. The Balaban J connectivity index is 1.92. The Bertz CT molecular complexity index is 767. The summed E-state index contributed by atoms with van der Waals surface area (Å²) >= 11 is 11.6. The van der Waals surface area contributed by atoms with E-state index in [1.165, 1.54) is 0 Å². The van der Waals surface area contributed by atoms with Crippen molar-refractivity contribution >= 4 is 35.1 Å². The molecule has 0 aliphatic carbocycles. The molecule has 0 aromatic heterocycles. The molecule has 0 N–H and O–H groups in total. The minimum absolute atomic E-state index is 0.353. The quantitative estimate of drug-likeness (QED) is 0.601. The largest absolute Gasteiger partial charge is 0.459 e. The van der Waals surface area contributed by atoms with Crippen LogP contribution in [0.25, 0.3) is 0 Å². The van der Waals surface area contributed by atoms with Gasteiger partial charge < -0.3 is 9.47 Å². The number of carbonyl (C=O) groups excluding carboxylic acids is 2. The van der Waals surface area contributed by atoms with Gasteiger partial charge in [-0.3, -0.25) is 0 Å². The molecule has 2 rings (SSSR count). The Labute approximate surface area is 163 Å². The molecule has 2 aromatic rings. The van der Waals surface area contributed by atoms with Gasteiger partial charge >= 0.3 is 11.9 Å². The number of hydrogen-bond acceptors (Lipinski definition) is 4. The molecule has 2 aromatic carbocycles. The predicted molar refractivity (Wildman–Crippen MR) is 102 cm³/mol. The zero-order valence-electron chi connectivity index (χ0n) is 14.8. The van der Waals surface area contributed by atoms with Gasteiger partial charge in [-0.15, -0.1) is 0 Å². The van der Waals surface area contributed by atoms with Crippen LogP contribution in [0.4, 0.5) is 0 Å². The zero-order chi connectivity index (χ0) is 19.3. The molecule has 0 aliphatic rings. The second-order valence-corrected chi connectivity index (χ2v) is 7.46. The van der Waals surface area contributed by atoms with Crippen LogP contribution < -0.4 is 0 Å². The van der Waals surface area contributed by atoms with Crippen LogP contribution in [-0.2, 0) is 9.47 Å². The van der Waals surface area contributed by atoms with Gasteiger partial charge in [0.1, 0.15) is 11.7 Å². The number of hydrogen-bond donors (Lipinski definition) is 0. The maximum absolute atomic E-state index is 12.2. The van der Waals surface area contributed by atoms with E-state index in [9.17, 15) is 9.59 Å². The first-order valence-corrected chi connectivity index (χ1v) is 8.87. The fourth-order valence-electron chi connectivity index (χ4n) is 2.51. The standard InChI is InChI=1S/C20H20Cl2O4/c1-13(25-18(23)14-4-8-16(21)9-5-14)12-20(2,3)26-19(24)15-6-10-17(22)11-7-15/h4-11,13H,12H2,1-3H3/t13-/m1/s1. The number of benzene rings is 2. The molecule has 0 saturated heterocycles. The van der Waals surface area contributed by atoms with E-state index in [0.29, 0.717) is 27.6 Å². The van der Waals surface area contributed by atoms with Crippen molar-refractivity contribution in [3.63, 3.8) is 0 Å². The third kappa shape index (κ3) is 6.04. The molecule has 6 heteroatoms. The van der Waals surface area contributed by atoms with Gasteiger partial charge in [0.25, 0.3) is 0 Å². The highest BCUT2D eigenvalue weighted by molar-refractivity contribution is 6.30. The first kappa shape index (κ1) is 20.3. The number of halogens is 2. The van der Waals surface area contributed by atoms with Gasteiger partial charge in [-0.2, -0.15) is 0 Å². The third-order valence-corrected chi connectivity index (χ3v) is 4.12. The summed E-state index contributed by atoms with van der Waals surface area (Å²) in [6.45, 7) is 5.30. The van der Waals surface area contributed by atoms with Crippen LogP contribution in [0.5, 0.6) is 0 Å². The fourth-order valence-corrected chi connectivity index (χ4v) is 2.76. The van der Waals surface area contributed by atoms with Gasteiger partial charge in [-0.25, -0.2) is 9.59 Å². The van der Waals surface area contributed by atoms with Crippen LogP contribution in [0.2, 0.25) is 10.0 Å². The molecule has 0 amide bonds. The normalized spacial score (nSPS) is 12.3. The van der Waals surface area contributed by atoms with Gasteiger partial charge in [0.15, 0.2) is 0 Å². The lowest BCUT2D eigenvalue weighted by Gasteiger charge is -2.28. The Kier molecular flexibility index (Phi) is 6.68. The summed E-state index contributed by atoms with van der Waals surface area (Å²) in [7, 11) is 0. The summed E-state index contributed by atoms with van der Waals surface area (Å²) in [5.41, 5.74) is 0.0154. The second-order valence-electron chi connectivity index (χ2n) is 6.58. The van der Waals surface area contributed by atoms with E-state index in [4.69, 9.17) is 32.7 Å². The molecule has 0 fully saturated rings. The topological polar surface area (TPSA) is 52.6 Å². The number of ether oxygens (including phenoxy) is 2. The monoisotopic (exact) mass is 394 g/mol. The van der Waals surface area contributed by atoms with E-state index in [-0.39, 0.29) is 0 Å². The van der Waals surface area contributed by atoms with E-state index < -0.39 is 23.6 Å². The lowest BCUT2D eigenvalue weighted by atomic mass is 10.0. The second kappa shape index (κ2) is 8.56. The molecule has 4 nitrogen and oxygen atoms in total. The molecule has 138 valence electrons. The van der Waals surface area contributed by atoms with E-state index in [0.717, 1.165) is 0 Å². The van der Waals surface area contributed by atoms with Crippen molar-refractivity contribution in [2.24, 2.45) is 0 Å². The molecule has 0 radical (unpaired) electrons. The summed E-state index contributed by atoms with van der Waals surface area (Å²) in [6.07, 6.45) is -0.0859. The summed E-state index contributed by atoms with van der Waals surface area (Å²) in [4.78, 5) is 24.4. The molecular weight excluding hydrogens is 375 g/mol. The average Bonchev–Trinajstić information content (AvgIpc) is 2.54. The molecule has 0 spiro atoms. The summed E-state index contributed by atoms with van der Waals surface area (Å²) in [5, 5.41) is 1.09. The van der Waals surface area contributed by atoms with Gasteiger partial charge in [0, 0.05) is 16.5 Å². The van der Waals surface area contributed by atoms with Crippen molar-refractivity contribution in [2.75, 3.05) is 0 Å². The van der Waals surface area contributed by atoms with E-state index >= 15 is 0 Å². The van der Waals surface area contributed by atoms with E-state index in [2.05, 4.69) is 0 Å².